The van der Waals surface area contributed by atoms with Crippen LogP contribution in [0.1, 0.15) is 18.3 Å². The number of thiazole rings is 1. The van der Waals surface area contributed by atoms with Gasteiger partial charge < -0.3 is 30.1 Å². The summed E-state index contributed by atoms with van der Waals surface area (Å²) >= 11 is 1.27. The summed E-state index contributed by atoms with van der Waals surface area (Å²) in [6.45, 7) is 3.51. The Kier molecular flexibility index (Phi) is 5.81. The molecule has 0 spiro atoms. The number of hydrogen-bond donors (Lipinski definition) is 3. The lowest BCUT2D eigenvalue weighted by Crippen LogP contribution is -2.43. The van der Waals surface area contributed by atoms with E-state index in [1.807, 2.05) is 16.7 Å². The summed E-state index contributed by atoms with van der Waals surface area (Å²) in [5, 5.41) is 18.6. The van der Waals surface area contributed by atoms with Crippen molar-refractivity contribution in [3.63, 3.8) is 0 Å². The van der Waals surface area contributed by atoms with Crippen LogP contribution in [0.5, 0.6) is 5.75 Å². The van der Waals surface area contributed by atoms with E-state index < -0.39 is 12.1 Å². The topological polar surface area (TPSA) is 136 Å². The van der Waals surface area contributed by atoms with Crippen molar-refractivity contribution in [1.29, 1.82) is 0 Å². The monoisotopic (exact) mass is 430 g/mol. The van der Waals surface area contributed by atoms with Crippen LogP contribution >= 0.6 is 11.3 Å². The van der Waals surface area contributed by atoms with Crippen LogP contribution in [0.15, 0.2) is 35.1 Å². The van der Waals surface area contributed by atoms with Crippen LogP contribution in [-0.4, -0.2) is 57.0 Å². The summed E-state index contributed by atoms with van der Waals surface area (Å²) in [5.74, 6) is -0.0344. The fourth-order valence-electron chi connectivity index (χ4n) is 2.96. The summed E-state index contributed by atoms with van der Waals surface area (Å²) in [5.41, 5.74) is 8.42. The average Bonchev–Trinajstić information content (AvgIpc) is 3.29. The van der Waals surface area contributed by atoms with Gasteiger partial charge in [0.2, 0.25) is 0 Å². The number of imidazole rings is 1. The summed E-state index contributed by atoms with van der Waals surface area (Å²) in [6, 6.07) is 3.59. The van der Waals surface area contributed by atoms with Crippen LogP contribution in [0, 0.1) is 5.92 Å². The molecule has 1 aliphatic rings. The molecule has 3 aromatic rings. The predicted molar refractivity (Wildman–Crippen MR) is 112 cm³/mol. The van der Waals surface area contributed by atoms with Gasteiger partial charge in [0.05, 0.1) is 11.9 Å². The number of rotatable bonds is 9. The van der Waals surface area contributed by atoms with Gasteiger partial charge in [-0.25, -0.2) is 14.8 Å². The van der Waals surface area contributed by atoms with E-state index in [9.17, 15) is 9.90 Å². The Morgan fingerprint density at radius 2 is 2.27 bits per heavy atom. The lowest BCUT2D eigenvalue weighted by atomic mass is 9.98. The Morgan fingerprint density at radius 1 is 1.43 bits per heavy atom. The molecule has 4 N–H and O–H groups in total. The number of oxime groups is 1. The maximum atomic E-state index is 11.5. The Bertz CT molecular complexity index is 1070. The number of fused-ring (bicyclic) bond motifs is 1. The minimum absolute atomic E-state index is 0.202. The number of nitrogen functional groups attached to an aromatic ring is 1. The molecule has 4 heterocycles. The van der Waals surface area contributed by atoms with Crippen molar-refractivity contribution in [2.24, 2.45) is 11.1 Å². The SMILES string of the molecule is C/C(=N\OC(COc1ccc2nc(CC3CNC3)cn2c1)C(=O)O)c1csc(N)n1. The zero-order chi connectivity index (χ0) is 21.1. The number of carbonyl (C=O) groups is 1. The maximum Gasteiger partial charge on any atom is 0.351 e. The molecule has 1 saturated heterocycles. The summed E-state index contributed by atoms with van der Waals surface area (Å²) in [6.07, 6.45) is 3.41. The van der Waals surface area contributed by atoms with Crippen LogP contribution in [0.2, 0.25) is 0 Å². The molecule has 0 saturated carbocycles. The van der Waals surface area contributed by atoms with Gasteiger partial charge in [0.25, 0.3) is 6.10 Å². The zero-order valence-corrected chi connectivity index (χ0v) is 17.1. The molecule has 1 aliphatic heterocycles. The van der Waals surface area contributed by atoms with Gasteiger partial charge in [-0.15, -0.1) is 11.3 Å². The molecule has 0 amide bonds. The minimum atomic E-state index is -1.27. The van der Waals surface area contributed by atoms with Crippen LogP contribution in [0.25, 0.3) is 5.65 Å². The smallest absolute Gasteiger partial charge is 0.351 e. The fraction of sp³-hybridized carbons (Fsp3) is 0.368. The second kappa shape index (κ2) is 8.67. The van der Waals surface area contributed by atoms with Crippen molar-refractivity contribution in [2.75, 3.05) is 25.4 Å². The van der Waals surface area contributed by atoms with Gasteiger partial charge in [0.1, 0.15) is 29.4 Å². The third-order valence-electron chi connectivity index (χ3n) is 4.72. The molecule has 158 valence electrons. The number of ether oxygens (including phenoxy) is 1. The second-order valence-corrected chi connectivity index (χ2v) is 7.97. The Morgan fingerprint density at radius 3 is 2.93 bits per heavy atom. The van der Waals surface area contributed by atoms with E-state index in [-0.39, 0.29) is 6.61 Å². The van der Waals surface area contributed by atoms with Gasteiger partial charge >= 0.3 is 5.97 Å². The van der Waals surface area contributed by atoms with Crippen LogP contribution in [-0.2, 0) is 16.1 Å². The van der Waals surface area contributed by atoms with Gasteiger partial charge in [-0.1, -0.05) is 5.16 Å². The Balaban J connectivity index is 1.38. The van der Waals surface area contributed by atoms with E-state index in [0.29, 0.717) is 28.2 Å². The number of anilines is 1. The van der Waals surface area contributed by atoms with E-state index >= 15 is 0 Å². The molecule has 30 heavy (non-hydrogen) atoms. The molecule has 1 unspecified atom stereocenters. The Hall–Kier alpha value is -3.18. The van der Waals surface area contributed by atoms with Gasteiger partial charge in [0, 0.05) is 11.6 Å². The van der Waals surface area contributed by atoms with E-state index in [1.165, 1.54) is 11.3 Å². The van der Waals surface area contributed by atoms with E-state index in [0.717, 1.165) is 30.9 Å². The highest BCUT2D eigenvalue weighted by Gasteiger charge is 2.21. The number of aromatic nitrogens is 3. The largest absolute Gasteiger partial charge is 0.487 e. The average molecular weight is 430 g/mol. The normalized spacial score (nSPS) is 15.7. The van der Waals surface area contributed by atoms with Gasteiger partial charge in [0.15, 0.2) is 5.13 Å². The first kappa shape index (κ1) is 20.1. The van der Waals surface area contributed by atoms with E-state index in [2.05, 4.69) is 20.4 Å². The molecular weight excluding hydrogens is 408 g/mol. The number of carboxylic acids is 1. The number of nitrogens with zero attached hydrogens (tertiary/aromatic N) is 4. The first-order valence-corrected chi connectivity index (χ1v) is 10.3. The molecule has 1 fully saturated rings. The number of pyridine rings is 1. The number of carboxylic acid groups (broad SMARTS) is 1. The van der Waals surface area contributed by atoms with Crippen molar-refractivity contribution in [3.05, 3.63) is 41.3 Å². The van der Waals surface area contributed by atoms with Gasteiger partial charge in [-0.2, -0.15) is 0 Å². The number of hydrogen-bond acceptors (Lipinski definition) is 9. The third-order valence-corrected chi connectivity index (χ3v) is 5.40. The highest BCUT2D eigenvalue weighted by atomic mass is 32.1. The number of aliphatic carboxylic acids is 1. The molecule has 0 bridgehead atoms. The number of nitrogens with one attached hydrogen (secondary N) is 1. The van der Waals surface area contributed by atoms with Gasteiger partial charge in [-0.3, -0.25) is 0 Å². The van der Waals surface area contributed by atoms with Crippen LogP contribution in [0.4, 0.5) is 5.13 Å². The molecule has 1 atom stereocenters. The zero-order valence-electron chi connectivity index (χ0n) is 16.3. The fourth-order valence-corrected chi connectivity index (χ4v) is 3.56. The summed E-state index contributed by atoms with van der Waals surface area (Å²) in [7, 11) is 0. The quantitative estimate of drug-likeness (QED) is 0.342. The standard InChI is InChI=1S/C19H22N6O4S/c1-11(15-10-30-19(20)23-15)24-29-16(18(26)27)9-28-14-2-3-17-22-13(7-25(17)8-14)4-12-5-21-6-12/h2-3,7-8,10,12,16,21H,4-6,9H2,1H3,(H2,20,23)(H,26,27)/b24-11+. The van der Waals surface area contributed by atoms with E-state index in [1.54, 1.807) is 24.6 Å². The lowest BCUT2D eigenvalue weighted by molar-refractivity contribution is -0.152. The lowest BCUT2D eigenvalue weighted by Gasteiger charge is -2.25. The molecule has 0 aliphatic carbocycles. The minimum Gasteiger partial charge on any atom is -0.487 e. The first-order chi connectivity index (χ1) is 14.5. The third kappa shape index (κ3) is 4.69. The van der Waals surface area contributed by atoms with Crippen LogP contribution < -0.4 is 15.8 Å². The van der Waals surface area contributed by atoms with Crippen molar-refractivity contribution < 1.29 is 19.5 Å². The van der Waals surface area contributed by atoms with Gasteiger partial charge in [-0.05, 0) is 44.5 Å². The predicted octanol–water partition coefficient (Wildman–Crippen LogP) is 1.41. The molecule has 0 aromatic carbocycles. The summed E-state index contributed by atoms with van der Waals surface area (Å²) in [4.78, 5) is 25.4. The molecular formula is C19H22N6O4S. The highest BCUT2D eigenvalue weighted by molar-refractivity contribution is 7.13. The molecule has 4 rings (SSSR count). The first-order valence-electron chi connectivity index (χ1n) is 9.43. The maximum absolute atomic E-state index is 11.5. The molecule has 3 aromatic heterocycles. The molecule has 11 heteroatoms. The summed E-state index contributed by atoms with van der Waals surface area (Å²) < 4.78 is 7.51. The van der Waals surface area contributed by atoms with E-state index in [4.69, 9.17) is 15.3 Å². The number of nitrogens with two attached hydrogens (primary N) is 1. The van der Waals surface area contributed by atoms with Crippen molar-refractivity contribution in [3.8, 4) is 5.75 Å². The molecule has 10 nitrogen and oxygen atoms in total. The van der Waals surface area contributed by atoms with Crippen molar-refractivity contribution in [2.45, 2.75) is 19.4 Å². The Labute approximate surface area is 176 Å². The van der Waals surface area contributed by atoms with Crippen LogP contribution in [0.3, 0.4) is 0 Å². The van der Waals surface area contributed by atoms with Crippen molar-refractivity contribution in [1.82, 2.24) is 19.7 Å². The second-order valence-electron chi connectivity index (χ2n) is 7.08. The highest BCUT2D eigenvalue weighted by Crippen LogP contribution is 2.18. The van der Waals surface area contributed by atoms with Crippen molar-refractivity contribution >= 4 is 33.8 Å². The molecule has 0 radical (unpaired) electrons.